The molecular formula is C14H20N2O2. The molecule has 0 aromatic carbocycles. The summed E-state index contributed by atoms with van der Waals surface area (Å²) in [5, 5.41) is 3.44. The van der Waals surface area contributed by atoms with Crippen molar-refractivity contribution in [3.8, 4) is 0 Å². The van der Waals surface area contributed by atoms with Gasteiger partial charge in [-0.15, -0.1) is 0 Å². The Bertz CT molecular complexity index is 402. The van der Waals surface area contributed by atoms with E-state index >= 15 is 0 Å². The summed E-state index contributed by atoms with van der Waals surface area (Å²) in [4.78, 5) is 16.2. The Hall–Kier alpha value is -1.42. The maximum Gasteiger partial charge on any atom is 0.330 e. The summed E-state index contributed by atoms with van der Waals surface area (Å²) in [6.45, 7) is 1.87. The molecule has 0 bridgehead atoms. The van der Waals surface area contributed by atoms with E-state index in [4.69, 9.17) is 4.74 Å². The normalized spacial score (nSPS) is 19.4. The van der Waals surface area contributed by atoms with Crippen molar-refractivity contribution in [3.63, 3.8) is 0 Å². The van der Waals surface area contributed by atoms with Crippen LogP contribution in [0.15, 0.2) is 24.5 Å². The number of esters is 1. The maximum atomic E-state index is 12.1. The molecule has 1 unspecified atom stereocenters. The monoisotopic (exact) mass is 248 g/mol. The third kappa shape index (κ3) is 2.53. The van der Waals surface area contributed by atoms with E-state index in [1.807, 2.05) is 19.1 Å². The molecule has 0 aliphatic heterocycles. The third-order valence-electron chi connectivity index (χ3n) is 3.68. The second-order valence-electron chi connectivity index (χ2n) is 4.98. The number of carbonyl (C=O) groups excluding carboxylic acids is 1. The highest BCUT2D eigenvalue weighted by Crippen LogP contribution is 2.27. The van der Waals surface area contributed by atoms with Crippen LogP contribution in [0.2, 0.25) is 0 Å². The molecule has 2 rings (SSSR count). The molecule has 4 nitrogen and oxygen atoms in total. The summed E-state index contributed by atoms with van der Waals surface area (Å²) in [6.07, 6.45) is 8.11. The summed E-state index contributed by atoms with van der Waals surface area (Å²) in [7, 11) is 1.42. The van der Waals surface area contributed by atoms with E-state index in [9.17, 15) is 4.79 Å². The van der Waals surface area contributed by atoms with Crippen molar-refractivity contribution in [3.05, 3.63) is 30.1 Å². The number of nitrogens with zero attached hydrogens (tertiary/aromatic N) is 1. The minimum absolute atomic E-state index is 0.262. The van der Waals surface area contributed by atoms with Crippen LogP contribution < -0.4 is 5.32 Å². The SMILES string of the molecule is COC(=O)C(C)(NC1CCCC1)c1cccnc1. The molecule has 1 saturated carbocycles. The largest absolute Gasteiger partial charge is 0.467 e. The lowest BCUT2D eigenvalue weighted by Gasteiger charge is -2.31. The molecule has 1 fully saturated rings. The molecule has 1 heterocycles. The van der Waals surface area contributed by atoms with Gasteiger partial charge in [-0.1, -0.05) is 18.9 Å². The standard InChI is InChI=1S/C14H20N2O2/c1-14(13(17)18-2,11-6-5-9-15-10-11)16-12-7-3-4-8-12/h5-6,9-10,12,16H,3-4,7-8H2,1-2H3. The molecule has 0 spiro atoms. The van der Waals surface area contributed by atoms with E-state index in [0.29, 0.717) is 6.04 Å². The van der Waals surface area contributed by atoms with E-state index in [-0.39, 0.29) is 5.97 Å². The molecule has 18 heavy (non-hydrogen) atoms. The van der Waals surface area contributed by atoms with Gasteiger partial charge in [0.25, 0.3) is 0 Å². The highest BCUT2D eigenvalue weighted by Gasteiger charge is 2.38. The van der Waals surface area contributed by atoms with Crippen molar-refractivity contribution in [1.29, 1.82) is 0 Å². The highest BCUT2D eigenvalue weighted by molar-refractivity contribution is 5.82. The minimum Gasteiger partial charge on any atom is -0.467 e. The molecule has 1 aliphatic carbocycles. The molecule has 1 aromatic rings. The minimum atomic E-state index is -0.808. The summed E-state index contributed by atoms with van der Waals surface area (Å²) >= 11 is 0. The molecular weight excluding hydrogens is 228 g/mol. The summed E-state index contributed by atoms with van der Waals surface area (Å²) in [5.74, 6) is -0.262. The van der Waals surface area contributed by atoms with Crippen molar-refractivity contribution in [2.75, 3.05) is 7.11 Å². The smallest absolute Gasteiger partial charge is 0.330 e. The average Bonchev–Trinajstić information content (AvgIpc) is 2.91. The van der Waals surface area contributed by atoms with Crippen LogP contribution in [-0.4, -0.2) is 24.1 Å². The van der Waals surface area contributed by atoms with Crippen LogP contribution in [0, 0.1) is 0 Å². The van der Waals surface area contributed by atoms with E-state index in [2.05, 4.69) is 10.3 Å². The summed E-state index contributed by atoms with van der Waals surface area (Å²) < 4.78 is 4.95. The molecule has 1 aliphatic rings. The van der Waals surface area contributed by atoms with Gasteiger partial charge >= 0.3 is 5.97 Å². The van der Waals surface area contributed by atoms with E-state index in [1.54, 1.807) is 12.4 Å². The quantitative estimate of drug-likeness (QED) is 0.828. The van der Waals surface area contributed by atoms with E-state index in [0.717, 1.165) is 18.4 Å². The molecule has 1 atom stereocenters. The van der Waals surface area contributed by atoms with Crippen LogP contribution in [0.5, 0.6) is 0 Å². The first-order valence-electron chi connectivity index (χ1n) is 6.43. The summed E-state index contributed by atoms with van der Waals surface area (Å²) in [5.41, 5.74) is 0.0432. The number of aromatic nitrogens is 1. The van der Waals surface area contributed by atoms with E-state index < -0.39 is 5.54 Å². The van der Waals surface area contributed by atoms with Gasteiger partial charge in [-0.05, 0) is 25.8 Å². The maximum absolute atomic E-state index is 12.1. The fourth-order valence-corrected chi connectivity index (χ4v) is 2.60. The fraction of sp³-hybridized carbons (Fsp3) is 0.571. The van der Waals surface area contributed by atoms with Crippen molar-refractivity contribution in [1.82, 2.24) is 10.3 Å². The molecule has 0 amide bonds. The van der Waals surface area contributed by atoms with E-state index in [1.165, 1.54) is 20.0 Å². The van der Waals surface area contributed by atoms with Crippen molar-refractivity contribution in [2.45, 2.75) is 44.2 Å². The van der Waals surface area contributed by atoms with Crippen molar-refractivity contribution in [2.24, 2.45) is 0 Å². The Morgan fingerprint density at radius 3 is 2.78 bits per heavy atom. The van der Waals surface area contributed by atoms with Crippen LogP contribution >= 0.6 is 0 Å². The first-order chi connectivity index (χ1) is 8.66. The van der Waals surface area contributed by atoms with Gasteiger partial charge in [0.15, 0.2) is 0 Å². The number of methoxy groups -OCH3 is 1. The predicted octanol–water partition coefficient (Wildman–Crippen LogP) is 2.00. The lowest BCUT2D eigenvalue weighted by atomic mass is 9.92. The average molecular weight is 248 g/mol. The zero-order valence-corrected chi connectivity index (χ0v) is 11.0. The van der Waals surface area contributed by atoms with Gasteiger partial charge in [0.1, 0.15) is 5.54 Å². The Balaban J connectivity index is 2.25. The van der Waals surface area contributed by atoms with Gasteiger partial charge in [0.2, 0.25) is 0 Å². The zero-order chi connectivity index (χ0) is 13.0. The number of pyridine rings is 1. The predicted molar refractivity (Wildman–Crippen MR) is 69.0 cm³/mol. The number of hydrogen-bond acceptors (Lipinski definition) is 4. The van der Waals surface area contributed by atoms with Gasteiger partial charge in [-0.2, -0.15) is 0 Å². The van der Waals surface area contributed by atoms with Gasteiger partial charge in [0.05, 0.1) is 7.11 Å². The van der Waals surface area contributed by atoms with Crippen molar-refractivity contribution < 1.29 is 9.53 Å². The Morgan fingerprint density at radius 1 is 1.50 bits per heavy atom. The second kappa shape index (κ2) is 5.48. The molecule has 4 heteroatoms. The topological polar surface area (TPSA) is 51.2 Å². The first-order valence-corrected chi connectivity index (χ1v) is 6.43. The number of carbonyl (C=O) groups is 1. The van der Waals surface area contributed by atoms with Gasteiger partial charge in [-0.3, -0.25) is 10.3 Å². The Kier molecular flexibility index (Phi) is 3.97. The van der Waals surface area contributed by atoms with Crippen LogP contribution in [0.3, 0.4) is 0 Å². The highest BCUT2D eigenvalue weighted by atomic mass is 16.5. The molecule has 1 aromatic heterocycles. The van der Waals surface area contributed by atoms with Gasteiger partial charge in [-0.25, -0.2) is 4.79 Å². The molecule has 0 radical (unpaired) electrons. The Labute approximate surface area is 108 Å². The van der Waals surface area contributed by atoms with Gasteiger partial charge in [0, 0.05) is 24.0 Å². The number of nitrogens with one attached hydrogen (secondary N) is 1. The number of rotatable bonds is 4. The van der Waals surface area contributed by atoms with Crippen LogP contribution in [-0.2, 0) is 15.1 Å². The third-order valence-corrected chi connectivity index (χ3v) is 3.68. The van der Waals surface area contributed by atoms with Crippen molar-refractivity contribution >= 4 is 5.97 Å². The number of hydrogen-bond donors (Lipinski definition) is 1. The fourth-order valence-electron chi connectivity index (χ4n) is 2.60. The molecule has 1 N–H and O–H groups in total. The lowest BCUT2D eigenvalue weighted by molar-refractivity contribution is -0.148. The second-order valence-corrected chi connectivity index (χ2v) is 4.98. The first kappa shape index (κ1) is 13.0. The van der Waals surface area contributed by atoms with Crippen LogP contribution in [0.1, 0.15) is 38.2 Å². The number of ether oxygens (including phenoxy) is 1. The van der Waals surface area contributed by atoms with Gasteiger partial charge < -0.3 is 4.74 Å². The zero-order valence-electron chi connectivity index (χ0n) is 11.0. The van der Waals surface area contributed by atoms with Crippen LogP contribution in [0.25, 0.3) is 0 Å². The molecule has 98 valence electrons. The Morgan fingerprint density at radius 2 is 2.22 bits per heavy atom. The lowest BCUT2D eigenvalue weighted by Crippen LogP contribution is -2.51. The van der Waals surface area contributed by atoms with Crippen LogP contribution in [0.4, 0.5) is 0 Å². The summed E-state index contributed by atoms with van der Waals surface area (Å²) in [6, 6.07) is 4.13. The molecule has 0 saturated heterocycles.